The van der Waals surface area contributed by atoms with E-state index < -0.39 is 11.8 Å². The van der Waals surface area contributed by atoms with Crippen molar-refractivity contribution in [2.24, 2.45) is 23.7 Å². The number of carbonyl (C=O) groups excluding carboxylic acids is 2. The second kappa shape index (κ2) is 5.93. The van der Waals surface area contributed by atoms with Gasteiger partial charge in [-0.25, -0.2) is 0 Å². The molecule has 2 fully saturated rings. The summed E-state index contributed by atoms with van der Waals surface area (Å²) in [5.74, 6) is 1.59. The molecule has 2 N–H and O–H groups in total. The molecule has 2 saturated carbocycles. The molecule has 2 bridgehead atoms. The molecule has 0 radical (unpaired) electrons. The number of rotatable bonds is 4. The smallest absolute Gasteiger partial charge is 0.309 e. The molecule has 2 rings (SSSR count). The fourth-order valence-corrected chi connectivity index (χ4v) is 3.66. The van der Waals surface area contributed by atoms with Crippen LogP contribution >= 0.6 is 0 Å². The Morgan fingerprint density at radius 2 is 1.84 bits per heavy atom. The van der Waals surface area contributed by atoms with Gasteiger partial charge in [-0.3, -0.25) is 9.59 Å². The Bertz CT molecular complexity index is 354. The normalized spacial score (nSPS) is 30.4. The van der Waals surface area contributed by atoms with Gasteiger partial charge in [-0.15, -0.1) is 0 Å². The molecule has 19 heavy (non-hydrogen) atoms. The quantitative estimate of drug-likeness (QED) is 0.761. The minimum Gasteiger partial charge on any atom is -0.348 e. The zero-order valence-corrected chi connectivity index (χ0v) is 12.2. The molecule has 0 aromatic carbocycles. The van der Waals surface area contributed by atoms with Crippen molar-refractivity contribution >= 4 is 11.8 Å². The third-order valence-electron chi connectivity index (χ3n) is 4.67. The molecular weight excluding hydrogens is 240 g/mol. The molecule has 4 atom stereocenters. The van der Waals surface area contributed by atoms with Gasteiger partial charge in [-0.05, 0) is 49.9 Å². The van der Waals surface area contributed by atoms with Crippen molar-refractivity contribution in [1.82, 2.24) is 10.6 Å². The van der Waals surface area contributed by atoms with Crippen LogP contribution in [0.5, 0.6) is 0 Å². The predicted octanol–water partition coefficient (Wildman–Crippen LogP) is 1.70. The lowest BCUT2D eigenvalue weighted by atomic mass is 9.84. The van der Waals surface area contributed by atoms with Gasteiger partial charge in [0.1, 0.15) is 0 Å². The lowest BCUT2D eigenvalue weighted by Gasteiger charge is -2.28. The first-order chi connectivity index (χ1) is 8.97. The molecular formula is C15H26N2O2. The van der Waals surface area contributed by atoms with Crippen molar-refractivity contribution < 1.29 is 9.59 Å². The summed E-state index contributed by atoms with van der Waals surface area (Å²) in [6.07, 6.45) is 5.20. The van der Waals surface area contributed by atoms with Crippen molar-refractivity contribution in [3.05, 3.63) is 0 Å². The van der Waals surface area contributed by atoms with Crippen molar-refractivity contribution in [3.8, 4) is 0 Å². The number of carbonyl (C=O) groups is 2. The molecule has 0 aliphatic heterocycles. The van der Waals surface area contributed by atoms with E-state index in [0.717, 1.165) is 11.8 Å². The van der Waals surface area contributed by atoms with E-state index >= 15 is 0 Å². The first kappa shape index (κ1) is 14.4. The van der Waals surface area contributed by atoms with Crippen molar-refractivity contribution in [1.29, 1.82) is 0 Å². The number of amides is 2. The van der Waals surface area contributed by atoms with Crippen molar-refractivity contribution in [2.75, 3.05) is 6.54 Å². The molecule has 2 aliphatic carbocycles. The van der Waals surface area contributed by atoms with Crippen LogP contribution in [0.4, 0.5) is 0 Å². The maximum Gasteiger partial charge on any atom is 0.309 e. The van der Waals surface area contributed by atoms with Crippen LogP contribution < -0.4 is 10.6 Å². The topological polar surface area (TPSA) is 58.2 Å². The Balaban J connectivity index is 1.77. The van der Waals surface area contributed by atoms with E-state index in [1.54, 1.807) is 0 Å². The minimum atomic E-state index is -0.497. The molecule has 0 saturated heterocycles. The van der Waals surface area contributed by atoms with Gasteiger partial charge in [0.15, 0.2) is 0 Å². The van der Waals surface area contributed by atoms with Crippen LogP contribution in [0.3, 0.4) is 0 Å². The highest BCUT2D eigenvalue weighted by Gasteiger charge is 2.42. The van der Waals surface area contributed by atoms with Crippen molar-refractivity contribution in [3.63, 3.8) is 0 Å². The van der Waals surface area contributed by atoms with Gasteiger partial charge < -0.3 is 10.6 Å². The van der Waals surface area contributed by atoms with E-state index in [2.05, 4.69) is 10.6 Å². The first-order valence-corrected chi connectivity index (χ1v) is 7.56. The number of hydrogen-bond acceptors (Lipinski definition) is 2. The van der Waals surface area contributed by atoms with E-state index in [0.29, 0.717) is 18.4 Å². The van der Waals surface area contributed by atoms with Gasteiger partial charge in [0.25, 0.3) is 0 Å². The summed E-state index contributed by atoms with van der Waals surface area (Å²) in [7, 11) is 0. The number of nitrogens with one attached hydrogen (secondary N) is 2. The SMILES string of the molecule is CC(C)CNC(=O)C(=O)NC(C)C1CC2CCC1C2. The first-order valence-electron chi connectivity index (χ1n) is 7.56. The van der Waals surface area contributed by atoms with Crippen LogP contribution in [0.1, 0.15) is 46.5 Å². The van der Waals surface area contributed by atoms with E-state index in [1.165, 1.54) is 25.7 Å². The maximum absolute atomic E-state index is 11.8. The largest absolute Gasteiger partial charge is 0.348 e. The average molecular weight is 266 g/mol. The zero-order valence-electron chi connectivity index (χ0n) is 12.2. The zero-order chi connectivity index (χ0) is 14.0. The summed E-state index contributed by atoms with van der Waals surface area (Å²) >= 11 is 0. The second-order valence-electron chi connectivity index (χ2n) is 6.70. The maximum atomic E-state index is 11.8. The third-order valence-corrected chi connectivity index (χ3v) is 4.67. The molecule has 0 aromatic rings. The number of hydrogen-bond donors (Lipinski definition) is 2. The molecule has 4 nitrogen and oxygen atoms in total. The molecule has 108 valence electrons. The summed E-state index contributed by atoms with van der Waals surface area (Å²) in [6.45, 7) is 6.61. The molecule has 4 unspecified atom stereocenters. The Hall–Kier alpha value is -1.06. The summed E-state index contributed by atoms with van der Waals surface area (Å²) in [4.78, 5) is 23.4. The molecule has 2 amide bonds. The molecule has 0 spiro atoms. The lowest BCUT2D eigenvalue weighted by molar-refractivity contribution is -0.139. The molecule has 2 aliphatic rings. The van der Waals surface area contributed by atoms with E-state index in [4.69, 9.17) is 0 Å². The van der Waals surface area contributed by atoms with Gasteiger partial charge in [0.2, 0.25) is 0 Å². The van der Waals surface area contributed by atoms with Crippen LogP contribution in [-0.4, -0.2) is 24.4 Å². The highest BCUT2D eigenvalue weighted by molar-refractivity contribution is 6.35. The highest BCUT2D eigenvalue weighted by atomic mass is 16.2. The third kappa shape index (κ3) is 3.48. The van der Waals surface area contributed by atoms with Gasteiger partial charge in [0.05, 0.1) is 0 Å². The summed E-state index contributed by atoms with van der Waals surface area (Å²) in [5, 5.41) is 5.54. The van der Waals surface area contributed by atoms with Crippen molar-refractivity contribution in [2.45, 2.75) is 52.5 Å². The Morgan fingerprint density at radius 3 is 2.37 bits per heavy atom. The Labute approximate surface area is 115 Å². The van der Waals surface area contributed by atoms with E-state index in [9.17, 15) is 9.59 Å². The van der Waals surface area contributed by atoms with Crippen LogP contribution in [0.2, 0.25) is 0 Å². The standard InChI is InChI=1S/C15H26N2O2/c1-9(2)8-16-14(18)15(19)17-10(3)13-7-11-4-5-12(13)6-11/h9-13H,4-8H2,1-3H3,(H,16,18)(H,17,19). The average Bonchev–Trinajstić information content (AvgIpc) is 2.97. The summed E-state index contributed by atoms with van der Waals surface area (Å²) in [5.41, 5.74) is 0. The fourth-order valence-electron chi connectivity index (χ4n) is 3.66. The monoisotopic (exact) mass is 266 g/mol. The lowest BCUT2D eigenvalue weighted by Crippen LogP contribution is -2.47. The second-order valence-corrected chi connectivity index (χ2v) is 6.70. The minimum absolute atomic E-state index is 0.118. The molecule has 0 aromatic heterocycles. The summed E-state index contributed by atoms with van der Waals surface area (Å²) < 4.78 is 0. The van der Waals surface area contributed by atoms with E-state index in [-0.39, 0.29) is 6.04 Å². The van der Waals surface area contributed by atoms with Gasteiger partial charge in [-0.1, -0.05) is 20.3 Å². The highest BCUT2D eigenvalue weighted by Crippen LogP contribution is 2.49. The summed E-state index contributed by atoms with van der Waals surface area (Å²) in [6, 6.07) is 0.118. The van der Waals surface area contributed by atoms with Crippen LogP contribution in [-0.2, 0) is 9.59 Å². The van der Waals surface area contributed by atoms with Gasteiger partial charge >= 0.3 is 11.8 Å². The predicted molar refractivity (Wildman–Crippen MR) is 74.4 cm³/mol. The molecule has 4 heteroatoms. The van der Waals surface area contributed by atoms with Gasteiger partial charge in [-0.2, -0.15) is 0 Å². The van der Waals surface area contributed by atoms with Gasteiger partial charge in [0, 0.05) is 12.6 Å². The molecule has 0 heterocycles. The van der Waals surface area contributed by atoms with Crippen LogP contribution in [0, 0.1) is 23.7 Å². The van der Waals surface area contributed by atoms with Crippen LogP contribution in [0.15, 0.2) is 0 Å². The number of fused-ring (bicyclic) bond motifs is 2. The Morgan fingerprint density at radius 1 is 1.11 bits per heavy atom. The Kier molecular flexibility index (Phi) is 4.48. The van der Waals surface area contributed by atoms with E-state index in [1.807, 2.05) is 20.8 Å². The fraction of sp³-hybridized carbons (Fsp3) is 0.867. The van der Waals surface area contributed by atoms with Crippen LogP contribution in [0.25, 0.3) is 0 Å².